The molecule has 0 aliphatic heterocycles. The number of aliphatic carboxylic acids is 2. The summed E-state index contributed by atoms with van der Waals surface area (Å²) in [5, 5.41) is 25.3. The van der Waals surface area contributed by atoms with E-state index in [9.17, 15) is 24.0 Å². The van der Waals surface area contributed by atoms with Crippen LogP contribution in [-0.2, 0) is 24.0 Å². The van der Waals surface area contributed by atoms with Crippen LogP contribution in [0.3, 0.4) is 0 Å². The van der Waals surface area contributed by atoms with Gasteiger partial charge in [0.2, 0.25) is 17.7 Å². The monoisotopic (exact) mass is 506 g/mol. The number of nitrogens with one attached hydrogen (secondary N) is 3. The number of rotatable bonds is 19. The average molecular weight is 507 g/mol. The van der Waals surface area contributed by atoms with Gasteiger partial charge in [0.1, 0.15) is 18.1 Å². The first-order valence-corrected chi connectivity index (χ1v) is 11.8. The molecule has 0 radical (unpaired) electrons. The Morgan fingerprint density at radius 2 is 1.18 bits per heavy atom. The van der Waals surface area contributed by atoms with E-state index in [0.29, 0.717) is 45.2 Å². The van der Waals surface area contributed by atoms with Crippen LogP contribution in [-0.4, -0.2) is 82.9 Å². The van der Waals surface area contributed by atoms with Crippen molar-refractivity contribution in [2.24, 2.45) is 17.2 Å². The quantitative estimate of drug-likeness (QED) is 0.0683. The molecular weight excluding hydrogens is 468 g/mol. The zero-order valence-corrected chi connectivity index (χ0v) is 20.1. The second-order valence-electron chi connectivity index (χ2n) is 7.81. The van der Waals surface area contributed by atoms with Crippen LogP contribution >= 0.6 is 12.6 Å². The summed E-state index contributed by atoms with van der Waals surface area (Å²) in [6.07, 6.45) is 2.29. The van der Waals surface area contributed by atoms with Crippen molar-refractivity contribution in [3.8, 4) is 0 Å². The van der Waals surface area contributed by atoms with E-state index in [1.807, 2.05) is 0 Å². The molecule has 11 N–H and O–H groups in total. The summed E-state index contributed by atoms with van der Waals surface area (Å²) in [6, 6.07) is -4.56. The maximum absolute atomic E-state index is 12.9. The highest BCUT2D eigenvalue weighted by Gasteiger charge is 2.30. The van der Waals surface area contributed by atoms with Crippen molar-refractivity contribution in [2.45, 2.75) is 75.5 Å². The van der Waals surface area contributed by atoms with E-state index in [0.717, 1.165) is 0 Å². The van der Waals surface area contributed by atoms with Gasteiger partial charge in [-0.15, -0.1) is 0 Å². The van der Waals surface area contributed by atoms with Gasteiger partial charge in [-0.25, -0.2) is 4.79 Å². The Kier molecular flexibility index (Phi) is 16.7. The summed E-state index contributed by atoms with van der Waals surface area (Å²) < 4.78 is 0. The molecule has 0 heterocycles. The normalized spacial score (nSPS) is 14.4. The Hall–Kier alpha value is -2.42. The SMILES string of the molecule is NCCCCC(N)C(=O)NC(CCCCN)C(=O)NC(CCC(=O)O)C(=O)NC(CS)C(=O)O. The molecule has 0 saturated heterocycles. The van der Waals surface area contributed by atoms with Crippen LogP contribution in [0.5, 0.6) is 0 Å². The molecule has 3 amide bonds. The number of hydrogen-bond acceptors (Lipinski definition) is 9. The number of thiol groups is 1. The molecule has 0 aromatic rings. The van der Waals surface area contributed by atoms with Crippen LogP contribution in [0.1, 0.15) is 51.4 Å². The Balaban J connectivity index is 5.41. The lowest BCUT2D eigenvalue weighted by atomic mass is 10.0. The molecule has 34 heavy (non-hydrogen) atoms. The number of amides is 3. The van der Waals surface area contributed by atoms with E-state index in [4.69, 9.17) is 27.4 Å². The van der Waals surface area contributed by atoms with Gasteiger partial charge in [-0.1, -0.05) is 6.42 Å². The van der Waals surface area contributed by atoms with Crippen LogP contribution < -0.4 is 33.2 Å². The molecule has 0 rings (SSSR count). The lowest BCUT2D eigenvalue weighted by Gasteiger charge is -2.25. The van der Waals surface area contributed by atoms with Gasteiger partial charge < -0.3 is 43.4 Å². The van der Waals surface area contributed by atoms with Gasteiger partial charge in [-0.3, -0.25) is 19.2 Å². The minimum atomic E-state index is -1.34. The number of carboxylic acid groups (broad SMARTS) is 2. The van der Waals surface area contributed by atoms with Crippen molar-refractivity contribution in [2.75, 3.05) is 18.8 Å². The molecule has 0 saturated carbocycles. The number of carboxylic acids is 2. The number of nitrogens with two attached hydrogens (primary N) is 3. The predicted molar refractivity (Wildman–Crippen MR) is 128 cm³/mol. The van der Waals surface area contributed by atoms with Gasteiger partial charge in [-0.05, 0) is 51.6 Å². The molecule has 0 aromatic carbocycles. The summed E-state index contributed by atoms with van der Waals surface area (Å²) in [6.45, 7) is 0.846. The van der Waals surface area contributed by atoms with Crippen molar-refractivity contribution in [1.82, 2.24) is 16.0 Å². The number of carbonyl (C=O) groups excluding carboxylic acids is 3. The van der Waals surface area contributed by atoms with E-state index in [2.05, 4.69) is 28.6 Å². The van der Waals surface area contributed by atoms with Gasteiger partial charge in [-0.2, -0.15) is 12.6 Å². The Morgan fingerprint density at radius 1 is 0.706 bits per heavy atom. The van der Waals surface area contributed by atoms with E-state index in [-0.39, 0.29) is 18.6 Å². The van der Waals surface area contributed by atoms with Crippen LogP contribution in [0.4, 0.5) is 0 Å². The van der Waals surface area contributed by atoms with E-state index >= 15 is 0 Å². The third kappa shape index (κ3) is 13.3. The van der Waals surface area contributed by atoms with E-state index in [1.165, 1.54) is 0 Å². The predicted octanol–water partition coefficient (Wildman–Crippen LogP) is -2.09. The third-order valence-electron chi connectivity index (χ3n) is 4.96. The molecule has 0 aliphatic carbocycles. The number of hydrogen-bond donors (Lipinski definition) is 9. The third-order valence-corrected chi connectivity index (χ3v) is 5.33. The molecule has 0 aliphatic rings. The molecule has 0 spiro atoms. The summed E-state index contributed by atoms with van der Waals surface area (Å²) in [4.78, 5) is 60.2. The highest BCUT2D eigenvalue weighted by Crippen LogP contribution is 2.06. The maximum atomic E-state index is 12.9. The molecule has 14 heteroatoms. The molecule has 196 valence electrons. The summed E-state index contributed by atoms with van der Waals surface area (Å²) in [5.74, 6) is -4.88. The number of carbonyl (C=O) groups is 5. The smallest absolute Gasteiger partial charge is 0.327 e. The fraction of sp³-hybridized carbons (Fsp3) is 0.750. The lowest BCUT2D eigenvalue weighted by molar-refractivity contribution is -0.142. The minimum Gasteiger partial charge on any atom is -0.481 e. The molecule has 4 atom stereocenters. The van der Waals surface area contributed by atoms with Crippen LogP contribution in [0.2, 0.25) is 0 Å². The van der Waals surface area contributed by atoms with Crippen molar-refractivity contribution >= 4 is 42.3 Å². The van der Waals surface area contributed by atoms with Crippen LogP contribution in [0.15, 0.2) is 0 Å². The summed E-state index contributed by atoms with van der Waals surface area (Å²) >= 11 is 3.87. The van der Waals surface area contributed by atoms with Crippen molar-refractivity contribution < 1.29 is 34.2 Å². The zero-order chi connectivity index (χ0) is 26.1. The van der Waals surface area contributed by atoms with Gasteiger partial charge >= 0.3 is 11.9 Å². The largest absolute Gasteiger partial charge is 0.481 e. The molecular formula is C20H38N6O7S. The molecule has 0 aromatic heterocycles. The summed E-state index contributed by atoms with van der Waals surface area (Å²) in [5.41, 5.74) is 16.8. The van der Waals surface area contributed by atoms with Crippen molar-refractivity contribution in [3.05, 3.63) is 0 Å². The van der Waals surface area contributed by atoms with Crippen molar-refractivity contribution in [3.63, 3.8) is 0 Å². The highest BCUT2D eigenvalue weighted by molar-refractivity contribution is 7.80. The van der Waals surface area contributed by atoms with E-state index in [1.54, 1.807) is 0 Å². The molecule has 0 fully saturated rings. The van der Waals surface area contributed by atoms with Crippen LogP contribution in [0, 0.1) is 0 Å². The topological polar surface area (TPSA) is 240 Å². The van der Waals surface area contributed by atoms with E-state index < -0.39 is 60.2 Å². The Labute approximate surface area is 204 Å². The second kappa shape index (κ2) is 18.0. The van der Waals surface area contributed by atoms with Crippen LogP contribution in [0.25, 0.3) is 0 Å². The molecule has 0 bridgehead atoms. The van der Waals surface area contributed by atoms with Gasteiger partial charge in [0.05, 0.1) is 6.04 Å². The first kappa shape index (κ1) is 31.6. The average Bonchev–Trinajstić information content (AvgIpc) is 2.78. The standard InChI is InChI=1S/C20H38N6O7S/c21-9-3-1-5-12(23)17(29)24-13(6-2-4-10-22)18(30)25-14(7-8-16(27)28)19(31)26-15(11-34)20(32)33/h12-15,34H,1-11,21-23H2,(H,24,29)(H,25,30)(H,26,31)(H,27,28)(H,32,33). The van der Waals surface area contributed by atoms with Gasteiger partial charge in [0.15, 0.2) is 0 Å². The first-order chi connectivity index (χ1) is 16.1. The Morgan fingerprint density at radius 3 is 1.65 bits per heavy atom. The lowest BCUT2D eigenvalue weighted by Crippen LogP contribution is -2.57. The molecule has 13 nitrogen and oxygen atoms in total. The fourth-order valence-corrected chi connectivity index (χ4v) is 3.19. The summed E-state index contributed by atoms with van der Waals surface area (Å²) in [7, 11) is 0. The maximum Gasteiger partial charge on any atom is 0.327 e. The Bertz CT molecular complexity index is 682. The van der Waals surface area contributed by atoms with Gasteiger partial charge in [0, 0.05) is 12.2 Å². The number of unbranched alkanes of at least 4 members (excludes halogenated alkanes) is 2. The first-order valence-electron chi connectivity index (χ1n) is 11.2. The van der Waals surface area contributed by atoms with Gasteiger partial charge in [0.25, 0.3) is 0 Å². The fourth-order valence-electron chi connectivity index (χ4n) is 2.95. The molecule has 4 unspecified atom stereocenters. The van der Waals surface area contributed by atoms with Crippen molar-refractivity contribution in [1.29, 1.82) is 0 Å². The second-order valence-corrected chi connectivity index (χ2v) is 8.18. The zero-order valence-electron chi connectivity index (χ0n) is 19.2. The minimum absolute atomic E-state index is 0.208. The highest BCUT2D eigenvalue weighted by atomic mass is 32.1.